The largest absolute Gasteiger partial charge is 0.493 e. The van der Waals surface area contributed by atoms with E-state index in [4.69, 9.17) is 14.7 Å². The molecular weight excluding hydrogens is 266 g/mol. The van der Waals surface area contributed by atoms with E-state index in [2.05, 4.69) is 0 Å². The summed E-state index contributed by atoms with van der Waals surface area (Å²) >= 11 is 0. The van der Waals surface area contributed by atoms with E-state index < -0.39 is 5.92 Å². The van der Waals surface area contributed by atoms with Gasteiger partial charge in [-0.05, 0) is 55.2 Å². The van der Waals surface area contributed by atoms with E-state index in [1.165, 1.54) is 19.3 Å². The van der Waals surface area contributed by atoms with Gasteiger partial charge < -0.3 is 14.3 Å². The fraction of sp³-hybridized carbons (Fsp3) is 0.529. The molecule has 4 unspecified atom stereocenters. The van der Waals surface area contributed by atoms with Gasteiger partial charge in [-0.15, -0.1) is 0 Å². The van der Waals surface area contributed by atoms with Crippen molar-refractivity contribution in [3.05, 3.63) is 23.8 Å². The molecule has 2 aliphatic rings. The second-order valence-electron chi connectivity index (χ2n) is 5.98. The molecule has 2 aliphatic carbocycles. The van der Waals surface area contributed by atoms with E-state index >= 15 is 0 Å². The molecule has 4 nitrogen and oxygen atoms in total. The number of hydrogen-bond donors (Lipinski definition) is 0. The number of rotatable bonds is 5. The molecule has 2 fully saturated rings. The summed E-state index contributed by atoms with van der Waals surface area (Å²) in [5.41, 5.74) is 0.659. The van der Waals surface area contributed by atoms with Crippen molar-refractivity contribution in [3.63, 3.8) is 0 Å². The van der Waals surface area contributed by atoms with Gasteiger partial charge in [-0.3, -0.25) is 0 Å². The van der Waals surface area contributed by atoms with Crippen LogP contribution in [0, 0.1) is 23.2 Å². The molecule has 0 N–H and O–H groups in total. The maximum absolute atomic E-state index is 11.0. The molecule has 0 heterocycles. The summed E-state index contributed by atoms with van der Waals surface area (Å²) in [6.07, 6.45) is 5.83. The highest BCUT2D eigenvalue weighted by atomic mass is 16.5. The number of fused-ring (bicyclic) bond motifs is 2. The number of aldehydes is 1. The molecule has 0 amide bonds. The van der Waals surface area contributed by atoms with E-state index in [0.717, 1.165) is 12.3 Å². The SMILES string of the molecule is COc1ccc(C(C#N)C=O)cc1OC1CC2CCC1C2. The summed E-state index contributed by atoms with van der Waals surface area (Å²) in [5, 5.41) is 9.01. The third kappa shape index (κ3) is 2.61. The molecular formula is C17H19NO3. The number of methoxy groups -OCH3 is 1. The second-order valence-corrected chi connectivity index (χ2v) is 5.98. The van der Waals surface area contributed by atoms with Gasteiger partial charge in [0.05, 0.1) is 13.2 Å². The van der Waals surface area contributed by atoms with Gasteiger partial charge in [0.1, 0.15) is 18.3 Å². The highest BCUT2D eigenvalue weighted by molar-refractivity contribution is 5.67. The lowest BCUT2D eigenvalue weighted by Gasteiger charge is -2.24. The molecule has 4 heteroatoms. The molecule has 1 aromatic carbocycles. The molecule has 4 atom stereocenters. The van der Waals surface area contributed by atoms with Gasteiger partial charge >= 0.3 is 0 Å². The average molecular weight is 285 g/mol. The van der Waals surface area contributed by atoms with Crippen molar-refractivity contribution >= 4 is 6.29 Å². The lowest BCUT2D eigenvalue weighted by Crippen LogP contribution is -2.23. The molecule has 21 heavy (non-hydrogen) atoms. The zero-order chi connectivity index (χ0) is 14.8. The summed E-state index contributed by atoms with van der Waals surface area (Å²) in [6.45, 7) is 0. The first-order valence-electron chi connectivity index (χ1n) is 7.44. The molecule has 3 rings (SSSR count). The second kappa shape index (κ2) is 5.77. The number of nitrogens with zero attached hydrogens (tertiary/aromatic N) is 1. The van der Waals surface area contributed by atoms with Gasteiger partial charge in [-0.25, -0.2) is 0 Å². The molecule has 0 aromatic heterocycles. The first-order chi connectivity index (χ1) is 10.2. The van der Waals surface area contributed by atoms with Crippen molar-refractivity contribution < 1.29 is 14.3 Å². The van der Waals surface area contributed by atoms with Crippen molar-refractivity contribution in [2.75, 3.05) is 7.11 Å². The normalized spacial score (nSPS) is 27.9. The molecule has 2 bridgehead atoms. The summed E-state index contributed by atoms with van der Waals surface area (Å²) in [6, 6.07) is 7.27. The number of benzene rings is 1. The zero-order valence-electron chi connectivity index (χ0n) is 12.1. The van der Waals surface area contributed by atoms with Crippen LogP contribution in [0.5, 0.6) is 11.5 Å². The first-order valence-corrected chi connectivity index (χ1v) is 7.44. The van der Waals surface area contributed by atoms with Crippen LogP contribution in [-0.2, 0) is 4.79 Å². The highest BCUT2D eigenvalue weighted by Crippen LogP contribution is 2.47. The van der Waals surface area contributed by atoms with Crippen LogP contribution in [0.15, 0.2) is 18.2 Å². The van der Waals surface area contributed by atoms with Gasteiger partial charge in [0, 0.05) is 0 Å². The van der Waals surface area contributed by atoms with Crippen molar-refractivity contribution in [1.29, 1.82) is 5.26 Å². The maximum atomic E-state index is 11.0. The Kier molecular flexibility index (Phi) is 3.83. The van der Waals surface area contributed by atoms with E-state index in [9.17, 15) is 4.79 Å². The van der Waals surface area contributed by atoms with E-state index in [1.807, 2.05) is 6.07 Å². The van der Waals surface area contributed by atoms with Crippen LogP contribution in [0.25, 0.3) is 0 Å². The molecule has 0 saturated heterocycles. The molecule has 0 radical (unpaired) electrons. The fourth-order valence-corrected chi connectivity index (χ4v) is 3.66. The van der Waals surface area contributed by atoms with E-state index in [0.29, 0.717) is 29.3 Å². The smallest absolute Gasteiger partial charge is 0.161 e. The molecule has 2 saturated carbocycles. The predicted molar refractivity (Wildman–Crippen MR) is 77.3 cm³/mol. The number of ether oxygens (including phenoxy) is 2. The molecule has 0 aliphatic heterocycles. The summed E-state index contributed by atoms with van der Waals surface area (Å²) in [5.74, 6) is 1.99. The minimum atomic E-state index is -0.752. The Hall–Kier alpha value is -2.02. The van der Waals surface area contributed by atoms with Gasteiger partial charge in [0.25, 0.3) is 0 Å². The summed E-state index contributed by atoms with van der Waals surface area (Å²) in [7, 11) is 1.60. The third-order valence-corrected chi connectivity index (χ3v) is 4.77. The average Bonchev–Trinajstić information content (AvgIpc) is 3.11. The standard InChI is InChI=1S/C17H19NO3/c1-20-15-5-4-12(14(9-18)10-19)8-17(15)21-16-7-11-2-3-13(16)6-11/h4-5,8,10-11,13-14,16H,2-3,6-7H2,1H3. The van der Waals surface area contributed by atoms with Crippen LogP contribution in [0.2, 0.25) is 0 Å². The zero-order valence-corrected chi connectivity index (χ0v) is 12.1. The Bertz CT molecular complexity index is 578. The van der Waals surface area contributed by atoms with Gasteiger partial charge in [0.15, 0.2) is 11.5 Å². The van der Waals surface area contributed by atoms with Crippen LogP contribution in [0.3, 0.4) is 0 Å². The Morgan fingerprint density at radius 2 is 2.19 bits per heavy atom. The van der Waals surface area contributed by atoms with Crippen LogP contribution in [0.4, 0.5) is 0 Å². The van der Waals surface area contributed by atoms with Crippen molar-refractivity contribution in [1.82, 2.24) is 0 Å². The van der Waals surface area contributed by atoms with Crippen molar-refractivity contribution in [3.8, 4) is 17.6 Å². The van der Waals surface area contributed by atoms with Gasteiger partial charge in [-0.1, -0.05) is 6.07 Å². The van der Waals surface area contributed by atoms with Crippen LogP contribution in [0.1, 0.15) is 37.2 Å². The van der Waals surface area contributed by atoms with Crippen molar-refractivity contribution in [2.45, 2.75) is 37.7 Å². The number of carbonyl (C=O) groups is 1. The highest BCUT2D eigenvalue weighted by Gasteiger charge is 2.41. The van der Waals surface area contributed by atoms with Gasteiger partial charge in [-0.2, -0.15) is 5.26 Å². The van der Waals surface area contributed by atoms with Crippen LogP contribution >= 0.6 is 0 Å². The van der Waals surface area contributed by atoms with Gasteiger partial charge in [0.2, 0.25) is 0 Å². The number of carbonyl (C=O) groups excluding carboxylic acids is 1. The third-order valence-electron chi connectivity index (χ3n) is 4.77. The Balaban J connectivity index is 1.84. The Labute approximate surface area is 124 Å². The number of hydrogen-bond acceptors (Lipinski definition) is 4. The lowest BCUT2D eigenvalue weighted by molar-refractivity contribution is -0.108. The molecule has 0 spiro atoms. The van der Waals surface area contributed by atoms with E-state index in [1.54, 1.807) is 25.3 Å². The first kappa shape index (κ1) is 13.9. The number of nitriles is 1. The molecule has 1 aromatic rings. The Morgan fingerprint density at radius 3 is 2.76 bits per heavy atom. The fourth-order valence-electron chi connectivity index (χ4n) is 3.66. The predicted octanol–water partition coefficient (Wildman–Crippen LogP) is 3.07. The lowest BCUT2D eigenvalue weighted by atomic mass is 9.97. The summed E-state index contributed by atoms with van der Waals surface area (Å²) < 4.78 is 11.5. The quantitative estimate of drug-likeness (QED) is 0.780. The molecule has 110 valence electrons. The minimum absolute atomic E-state index is 0.240. The van der Waals surface area contributed by atoms with Crippen LogP contribution in [-0.4, -0.2) is 19.5 Å². The Morgan fingerprint density at radius 1 is 1.33 bits per heavy atom. The maximum Gasteiger partial charge on any atom is 0.161 e. The van der Waals surface area contributed by atoms with E-state index in [-0.39, 0.29) is 6.10 Å². The minimum Gasteiger partial charge on any atom is -0.493 e. The van der Waals surface area contributed by atoms with Crippen molar-refractivity contribution in [2.24, 2.45) is 11.8 Å². The monoisotopic (exact) mass is 285 g/mol. The topological polar surface area (TPSA) is 59.3 Å². The summed E-state index contributed by atoms with van der Waals surface area (Å²) in [4.78, 5) is 11.0. The van der Waals surface area contributed by atoms with Crippen LogP contribution < -0.4 is 9.47 Å².